The molecule has 0 unspecified atom stereocenters. The predicted molar refractivity (Wildman–Crippen MR) is 144 cm³/mol. The summed E-state index contributed by atoms with van der Waals surface area (Å²) in [6, 6.07) is 20.3. The van der Waals surface area contributed by atoms with Crippen molar-refractivity contribution in [2.75, 3.05) is 12.4 Å². The van der Waals surface area contributed by atoms with Gasteiger partial charge in [-0.1, -0.05) is 18.2 Å². The number of nitrogens with one attached hydrogen (secondary N) is 2. The van der Waals surface area contributed by atoms with E-state index < -0.39 is 23.8 Å². The van der Waals surface area contributed by atoms with Crippen molar-refractivity contribution in [1.29, 1.82) is 0 Å². The molecule has 11 heteroatoms. The molecule has 1 heterocycles. The standard InChI is InChI=1S/C29H23N3O8/c1-18(33)39-24-13-12-20(16-26(24)37-2)27(34)31-22-9-5-8-19(15-22)28(35)32-30-17-21-7-3-4-10-23(21)40-29(36)25-11-6-14-38-25/h3-17H,1-2H3,(H,31,34)(H,32,35). The molecule has 40 heavy (non-hydrogen) atoms. The number of hydrogen-bond donors (Lipinski definition) is 2. The van der Waals surface area contributed by atoms with Crippen molar-refractivity contribution in [3.8, 4) is 17.2 Å². The van der Waals surface area contributed by atoms with Gasteiger partial charge in [0, 0.05) is 29.3 Å². The van der Waals surface area contributed by atoms with Gasteiger partial charge in [-0.3, -0.25) is 14.4 Å². The summed E-state index contributed by atoms with van der Waals surface area (Å²) in [5.74, 6) is -1.53. The second kappa shape index (κ2) is 12.7. The van der Waals surface area contributed by atoms with Gasteiger partial charge in [0.05, 0.1) is 19.6 Å². The Morgan fingerprint density at radius 1 is 0.800 bits per heavy atom. The minimum Gasteiger partial charge on any atom is -0.493 e. The lowest BCUT2D eigenvalue weighted by molar-refractivity contribution is -0.132. The quantitative estimate of drug-likeness (QED) is 0.137. The van der Waals surface area contributed by atoms with Crippen molar-refractivity contribution in [1.82, 2.24) is 5.43 Å². The number of furan rings is 1. The Morgan fingerprint density at radius 3 is 2.35 bits per heavy atom. The summed E-state index contributed by atoms with van der Waals surface area (Å²) in [4.78, 5) is 48.9. The number of carbonyl (C=O) groups is 4. The maximum Gasteiger partial charge on any atom is 0.379 e. The maximum absolute atomic E-state index is 12.8. The molecule has 4 rings (SSSR count). The molecule has 202 valence electrons. The van der Waals surface area contributed by atoms with Crippen molar-refractivity contribution in [2.24, 2.45) is 5.10 Å². The van der Waals surface area contributed by atoms with Gasteiger partial charge in [0.2, 0.25) is 5.76 Å². The van der Waals surface area contributed by atoms with Crippen LogP contribution < -0.4 is 25.0 Å². The molecular formula is C29H23N3O8. The Kier molecular flexibility index (Phi) is 8.67. The Balaban J connectivity index is 1.40. The molecule has 0 aliphatic carbocycles. The molecule has 0 saturated heterocycles. The van der Waals surface area contributed by atoms with Crippen LogP contribution in [0.4, 0.5) is 5.69 Å². The molecule has 11 nitrogen and oxygen atoms in total. The van der Waals surface area contributed by atoms with Crippen LogP contribution in [0.5, 0.6) is 17.2 Å². The normalized spacial score (nSPS) is 10.6. The van der Waals surface area contributed by atoms with E-state index in [9.17, 15) is 19.2 Å². The van der Waals surface area contributed by atoms with Crippen LogP contribution in [-0.2, 0) is 4.79 Å². The highest BCUT2D eigenvalue weighted by Gasteiger charge is 2.15. The van der Waals surface area contributed by atoms with Crippen LogP contribution in [-0.4, -0.2) is 37.1 Å². The zero-order chi connectivity index (χ0) is 28.5. The van der Waals surface area contributed by atoms with Crippen LogP contribution in [0, 0.1) is 0 Å². The van der Waals surface area contributed by atoms with Gasteiger partial charge in [0.25, 0.3) is 11.8 Å². The highest BCUT2D eigenvalue weighted by molar-refractivity contribution is 6.05. The molecular weight excluding hydrogens is 518 g/mol. The van der Waals surface area contributed by atoms with Crippen LogP contribution in [0.15, 0.2) is 94.6 Å². The molecule has 0 aliphatic heterocycles. The Morgan fingerprint density at radius 2 is 1.60 bits per heavy atom. The van der Waals surface area contributed by atoms with Gasteiger partial charge in [-0.15, -0.1) is 0 Å². The lowest BCUT2D eigenvalue weighted by Crippen LogP contribution is -2.18. The number of nitrogens with zero attached hydrogens (tertiary/aromatic N) is 1. The van der Waals surface area contributed by atoms with Crippen molar-refractivity contribution in [3.05, 3.63) is 108 Å². The largest absolute Gasteiger partial charge is 0.493 e. The number of esters is 2. The fourth-order valence-corrected chi connectivity index (χ4v) is 3.44. The number of hydrogen-bond acceptors (Lipinski definition) is 9. The first-order chi connectivity index (χ1) is 19.3. The van der Waals surface area contributed by atoms with Crippen molar-refractivity contribution in [3.63, 3.8) is 0 Å². The summed E-state index contributed by atoms with van der Waals surface area (Å²) in [5.41, 5.74) is 3.69. The monoisotopic (exact) mass is 541 g/mol. The van der Waals surface area contributed by atoms with Crippen molar-refractivity contribution >= 4 is 35.7 Å². The molecule has 1 aromatic heterocycles. The summed E-state index contributed by atoms with van der Waals surface area (Å²) in [5, 5.41) is 6.67. The number of anilines is 1. The molecule has 0 aliphatic rings. The Bertz CT molecular complexity index is 1580. The Hall–Kier alpha value is -5.71. The molecule has 0 atom stereocenters. The Labute approximate surface area is 228 Å². The van der Waals surface area contributed by atoms with E-state index in [1.807, 2.05) is 0 Å². The van der Waals surface area contributed by atoms with E-state index >= 15 is 0 Å². The van der Waals surface area contributed by atoms with Crippen LogP contribution in [0.2, 0.25) is 0 Å². The number of benzene rings is 3. The third-order valence-electron chi connectivity index (χ3n) is 5.28. The lowest BCUT2D eigenvalue weighted by atomic mass is 10.1. The van der Waals surface area contributed by atoms with E-state index in [0.717, 1.165) is 0 Å². The van der Waals surface area contributed by atoms with Crippen LogP contribution >= 0.6 is 0 Å². The molecule has 2 amide bonds. The van der Waals surface area contributed by atoms with Gasteiger partial charge in [-0.05, 0) is 60.7 Å². The van der Waals surface area contributed by atoms with Crippen molar-refractivity contribution < 1.29 is 37.8 Å². The van der Waals surface area contributed by atoms with Crippen LogP contribution in [0.1, 0.15) is 43.8 Å². The van der Waals surface area contributed by atoms with Crippen LogP contribution in [0.25, 0.3) is 0 Å². The van der Waals surface area contributed by atoms with Crippen molar-refractivity contribution in [2.45, 2.75) is 6.92 Å². The summed E-state index contributed by atoms with van der Waals surface area (Å²) < 4.78 is 20.6. The molecule has 3 aromatic carbocycles. The average Bonchev–Trinajstić information content (AvgIpc) is 3.49. The molecule has 0 fully saturated rings. The maximum atomic E-state index is 12.8. The first-order valence-electron chi connectivity index (χ1n) is 11.8. The average molecular weight is 542 g/mol. The van der Waals surface area contributed by atoms with E-state index in [1.165, 1.54) is 56.8 Å². The second-order valence-corrected chi connectivity index (χ2v) is 8.10. The fraction of sp³-hybridized carbons (Fsp3) is 0.0690. The SMILES string of the molecule is COc1cc(C(=O)Nc2cccc(C(=O)NN=Cc3ccccc3OC(=O)c3ccco3)c2)ccc1OC(C)=O. The van der Waals surface area contributed by atoms with E-state index in [1.54, 1.807) is 48.5 Å². The summed E-state index contributed by atoms with van der Waals surface area (Å²) >= 11 is 0. The molecule has 0 saturated carbocycles. The van der Waals surface area contributed by atoms with Gasteiger partial charge in [0.15, 0.2) is 11.5 Å². The summed E-state index contributed by atoms with van der Waals surface area (Å²) in [7, 11) is 1.39. The molecule has 0 spiro atoms. The minimum absolute atomic E-state index is 0.0465. The van der Waals surface area contributed by atoms with Gasteiger partial charge < -0.3 is 23.9 Å². The predicted octanol–water partition coefficient (Wildman–Crippen LogP) is 4.45. The first kappa shape index (κ1) is 27.3. The minimum atomic E-state index is -0.674. The topological polar surface area (TPSA) is 146 Å². The molecule has 4 aromatic rings. The molecule has 2 N–H and O–H groups in total. The zero-order valence-corrected chi connectivity index (χ0v) is 21.4. The van der Waals surface area contributed by atoms with Crippen LogP contribution in [0.3, 0.4) is 0 Å². The van der Waals surface area contributed by atoms with E-state index in [2.05, 4.69) is 15.8 Å². The smallest absolute Gasteiger partial charge is 0.379 e. The number of amides is 2. The number of rotatable bonds is 9. The lowest BCUT2D eigenvalue weighted by Gasteiger charge is -2.11. The third kappa shape index (κ3) is 6.98. The first-order valence-corrected chi connectivity index (χ1v) is 11.8. The fourth-order valence-electron chi connectivity index (χ4n) is 3.44. The third-order valence-corrected chi connectivity index (χ3v) is 5.28. The second-order valence-electron chi connectivity index (χ2n) is 8.10. The van der Waals surface area contributed by atoms with E-state index in [0.29, 0.717) is 11.3 Å². The number of para-hydroxylation sites is 1. The number of hydrazone groups is 1. The number of methoxy groups -OCH3 is 1. The molecule has 0 bridgehead atoms. The highest BCUT2D eigenvalue weighted by atomic mass is 16.6. The number of ether oxygens (including phenoxy) is 3. The van der Waals surface area contributed by atoms with Gasteiger partial charge >= 0.3 is 11.9 Å². The van der Waals surface area contributed by atoms with Gasteiger partial charge in [-0.2, -0.15) is 5.10 Å². The highest BCUT2D eigenvalue weighted by Crippen LogP contribution is 2.28. The van der Waals surface area contributed by atoms with Gasteiger partial charge in [0.1, 0.15) is 5.75 Å². The van der Waals surface area contributed by atoms with E-state index in [4.69, 9.17) is 18.6 Å². The summed E-state index contributed by atoms with van der Waals surface area (Å²) in [6.07, 6.45) is 2.70. The van der Waals surface area contributed by atoms with E-state index in [-0.39, 0.29) is 34.1 Å². The molecule has 0 radical (unpaired) electrons. The van der Waals surface area contributed by atoms with Gasteiger partial charge in [-0.25, -0.2) is 10.2 Å². The summed E-state index contributed by atoms with van der Waals surface area (Å²) in [6.45, 7) is 1.26. The zero-order valence-electron chi connectivity index (χ0n) is 21.4. The number of carbonyl (C=O) groups excluding carboxylic acids is 4.